The maximum absolute atomic E-state index is 13.2. The molecule has 5 fully saturated rings. The fourth-order valence-corrected chi connectivity index (χ4v) is 6.63. The normalized spacial score (nSPS) is 30.1. The first-order valence-electron chi connectivity index (χ1n) is 12.7. The van der Waals surface area contributed by atoms with Crippen LogP contribution in [0.2, 0.25) is 0 Å². The Hall–Kier alpha value is -2.38. The van der Waals surface area contributed by atoms with Crippen LogP contribution >= 0.6 is 0 Å². The minimum atomic E-state index is -0.625. The van der Waals surface area contributed by atoms with Crippen LogP contribution in [0.15, 0.2) is 18.3 Å². The molecule has 5 aliphatic rings. The Labute approximate surface area is 201 Å². The average molecular weight is 474 g/mol. The zero-order chi connectivity index (χ0) is 24.0. The Kier molecular flexibility index (Phi) is 6.19. The standard InChI is InChI=1S/C26H36FN3O4/c1-26(2,3)34-25(32)30(15-22-5-4-21(27)11-28-22)14-18-12-29(13-18)24(31)33-23-19-7-16-6-17(9-19)10-20(23)8-16/h4-5,11,16-20,23H,6-10,12-15H2,1-3H3. The van der Waals surface area contributed by atoms with Crippen LogP contribution in [0, 0.1) is 35.4 Å². The van der Waals surface area contributed by atoms with Crippen molar-refractivity contribution in [2.75, 3.05) is 19.6 Å². The molecule has 0 atom stereocenters. The highest BCUT2D eigenvalue weighted by Gasteiger charge is 2.50. The van der Waals surface area contributed by atoms with E-state index in [2.05, 4.69) is 4.98 Å². The molecule has 186 valence electrons. The fourth-order valence-electron chi connectivity index (χ4n) is 6.63. The third-order valence-electron chi connectivity index (χ3n) is 7.86. The van der Waals surface area contributed by atoms with E-state index < -0.39 is 17.5 Å². The Morgan fingerprint density at radius 2 is 1.74 bits per heavy atom. The number of rotatable bonds is 5. The third kappa shape index (κ3) is 5.15. The van der Waals surface area contributed by atoms with Gasteiger partial charge in [-0.1, -0.05) is 0 Å². The molecule has 2 amide bonds. The number of pyridine rings is 1. The van der Waals surface area contributed by atoms with Crippen LogP contribution in [0.4, 0.5) is 14.0 Å². The van der Waals surface area contributed by atoms with Crippen LogP contribution in [0.5, 0.6) is 0 Å². The van der Waals surface area contributed by atoms with Crippen molar-refractivity contribution < 1.29 is 23.5 Å². The molecule has 1 aliphatic heterocycles. The van der Waals surface area contributed by atoms with Gasteiger partial charge in [-0.25, -0.2) is 14.0 Å². The summed E-state index contributed by atoms with van der Waals surface area (Å²) in [4.78, 5) is 33.1. The molecule has 0 N–H and O–H groups in total. The largest absolute Gasteiger partial charge is 0.446 e. The van der Waals surface area contributed by atoms with Gasteiger partial charge in [-0.2, -0.15) is 0 Å². The first-order valence-corrected chi connectivity index (χ1v) is 12.7. The molecule has 4 aliphatic carbocycles. The van der Waals surface area contributed by atoms with Crippen LogP contribution in [0.3, 0.4) is 0 Å². The fraction of sp³-hybridized carbons (Fsp3) is 0.731. The maximum atomic E-state index is 13.2. The van der Waals surface area contributed by atoms with E-state index in [4.69, 9.17) is 9.47 Å². The van der Waals surface area contributed by atoms with Gasteiger partial charge in [0.15, 0.2) is 0 Å². The van der Waals surface area contributed by atoms with Gasteiger partial charge < -0.3 is 19.3 Å². The number of hydrogen-bond acceptors (Lipinski definition) is 5. The highest BCUT2D eigenvalue weighted by Crippen LogP contribution is 2.54. The summed E-state index contributed by atoms with van der Waals surface area (Å²) in [6.45, 7) is 7.25. The first kappa shape index (κ1) is 23.4. The van der Waals surface area contributed by atoms with E-state index in [9.17, 15) is 14.0 Å². The predicted molar refractivity (Wildman–Crippen MR) is 123 cm³/mol. The lowest BCUT2D eigenvalue weighted by molar-refractivity contribution is -0.107. The van der Waals surface area contributed by atoms with E-state index >= 15 is 0 Å². The molecule has 0 aromatic carbocycles. The summed E-state index contributed by atoms with van der Waals surface area (Å²) in [6.07, 6.45) is 6.84. The Balaban J connectivity index is 1.15. The molecule has 8 heteroatoms. The second kappa shape index (κ2) is 9.00. The number of aromatic nitrogens is 1. The van der Waals surface area contributed by atoms with E-state index in [0.717, 1.165) is 18.0 Å². The van der Waals surface area contributed by atoms with Crippen molar-refractivity contribution in [2.45, 2.75) is 71.1 Å². The summed E-state index contributed by atoms with van der Waals surface area (Å²) < 4.78 is 24.9. The number of carbonyl (C=O) groups is 2. The Morgan fingerprint density at radius 3 is 2.29 bits per heavy atom. The highest BCUT2D eigenvalue weighted by molar-refractivity contribution is 5.70. The summed E-state index contributed by atoms with van der Waals surface area (Å²) in [5, 5.41) is 0. The van der Waals surface area contributed by atoms with E-state index in [1.165, 1.54) is 38.2 Å². The second-order valence-corrected chi connectivity index (χ2v) is 11.9. The summed E-state index contributed by atoms with van der Waals surface area (Å²) in [6, 6.07) is 2.91. The molecule has 1 saturated heterocycles. The molecule has 1 aromatic rings. The minimum Gasteiger partial charge on any atom is -0.446 e. The number of ether oxygens (including phenoxy) is 2. The van der Waals surface area contributed by atoms with E-state index in [1.54, 1.807) is 15.9 Å². The summed E-state index contributed by atoms with van der Waals surface area (Å²) in [5.41, 5.74) is -0.0376. The molecule has 4 bridgehead atoms. The molecule has 0 radical (unpaired) electrons. The van der Waals surface area contributed by atoms with Gasteiger partial charge in [0.2, 0.25) is 0 Å². The van der Waals surface area contributed by atoms with Gasteiger partial charge >= 0.3 is 12.2 Å². The number of hydrogen-bond donors (Lipinski definition) is 0. The maximum Gasteiger partial charge on any atom is 0.410 e. The Morgan fingerprint density at radius 1 is 1.09 bits per heavy atom. The third-order valence-corrected chi connectivity index (χ3v) is 7.86. The van der Waals surface area contributed by atoms with Crippen LogP contribution in [-0.2, 0) is 16.0 Å². The number of carbonyl (C=O) groups excluding carboxylic acids is 2. The van der Waals surface area contributed by atoms with Gasteiger partial charge in [-0.3, -0.25) is 4.98 Å². The smallest absolute Gasteiger partial charge is 0.410 e. The number of halogens is 1. The van der Waals surface area contributed by atoms with Crippen LogP contribution in [0.25, 0.3) is 0 Å². The molecule has 7 nitrogen and oxygen atoms in total. The molecule has 4 saturated carbocycles. The van der Waals surface area contributed by atoms with Crippen LogP contribution < -0.4 is 0 Å². The van der Waals surface area contributed by atoms with Gasteiger partial charge in [0.05, 0.1) is 18.4 Å². The molecule has 6 rings (SSSR count). The van der Waals surface area contributed by atoms with Crippen LogP contribution in [0.1, 0.15) is 58.6 Å². The monoisotopic (exact) mass is 473 g/mol. The van der Waals surface area contributed by atoms with Gasteiger partial charge in [-0.05, 0) is 88.7 Å². The van der Waals surface area contributed by atoms with Crippen molar-refractivity contribution in [3.63, 3.8) is 0 Å². The highest BCUT2D eigenvalue weighted by atomic mass is 19.1. The van der Waals surface area contributed by atoms with E-state index in [0.29, 0.717) is 37.2 Å². The molecular weight excluding hydrogens is 437 g/mol. The average Bonchev–Trinajstić information content (AvgIpc) is 2.71. The van der Waals surface area contributed by atoms with E-state index in [1.807, 2.05) is 20.8 Å². The van der Waals surface area contributed by atoms with Crippen molar-refractivity contribution in [1.82, 2.24) is 14.8 Å². The second-order valence-electron chi connectivity index (χ2n) is 11.9. The number of amides is 2. The van der Waals surface area contributed by atoms with E-state index in [-0.39, 0.29) is 24.7 Å². The molecule has 0 spiro atoms. The van der Waals surface area contributed by atoms with Crippen LogP contribution in [-0.4, -0.2) is 58.3 Å². The van der Waals surface area contributed by atoms with Gasteiger partial charge in [0.1, 0.15) is 17.5 Å². The number of nitrogens with zero attached hydrogens (tertiary/aromatic N) is 3. The summed E-state index contributed by atoms with van der Waals surface area (Å²) >= 11 is 0. The predicted octanol–water partition coefficient (Wildman–Crippen LogP) is 4.85. The van der Waals surface area contributed by atoms with Gasteiger partial charge in [0.25, 0.3) is 0 Å². The molecule has 34 heavy (non-hydrogen) atoms. The van der Waals surface area contributed by atoms with Crippen molar-refractivity contribution >= 4 is 12.2 Å². The lowest BCUT2D eigenvalue weighted by Gasteiger charge is -2.54. The van der Waals surface area contributed by atoms with Gasteiger partial charge in [-0.15, -0.1) is 0 Å². The lowest BCUT2D eigenvalue weighted by Crippen LogP contribution is -2.57. The summed E-state index contributed by atoms with van der Waals surface area (Å²) in [5.74, 6) is 2.51. The van der Waals surface area contributed by atoms with Crippen molar-refractivity contribution in [1.29, 1.82) is 0 Å². The van der Waals surface area contributed by atoms with Crippen molar-refractivity contribution in [2.24, 2.45) is 29.6 Å². The Bertz CT molecular complexity index is 882. The van der Waals surface area contributed by atoms with Crippen molar-refractivity contribution in [3.8, 4) is 0 Å². The summed E-state index contributed by atoms with van der Waals surface area (Å²) in [7, 11) is 0. The molecular formula is C26H36FN3O4. The lowest BCUT2D eigenvalue weighted by atomic mass is 9.55. The zero-order valence-electron chi connectivity index (χ0n) is 20.4. The topological polar surface area (TPSA) is 72.0 Å². The molecule has 2 heterocycles. The van der Waals surface area contributed by atoms with Crippen molar-refractivity contribution in [3.05, 3.63) is 29.8 Å². The SMILES string of the molecule is CC(C)(C)OC(=O)N(Cc1ccc(F)cn1)CC1CN(C(=O)OC2C3CC4CC(C3)CC2C4)C1. The molecule has 0 unspecified atom stereocenters. The first-order chi connectivity index (χ1) is 16.1. The van der Waals surface area contributed by atoms with Gasteiger partial charge in [0, 0.05) is 25.6 Å². The number of likely N-dealkylation sites (tertiary alicyclic amines) is 1. The minimum absolute atomic E-state index is 0.0853. The zero-order valence-corrected chi connectivity index (χ0v) is 20.4. The quantitative estimate of drug-likeness (QED) is 0.611. The molecule has 1 aromatic heterocycles.